The van der Waals surface area contributed by atoms with E-state index in [1.807, 2.05) is 6.92 Å². The molecule has 0 bridgehead atoms. The summed E-state index contributed by atoms with van der Waals surface area (Å²) in [6.45, 7) is 4.14. The van der Waals surface area contributed by atoms with E-state index < -0.39 is 5.09 Å². The van der Waals surface area contributed by atoms with Crippen LogP contribution in [-0.4, -0.2) is 16.7 Å². The predicted octanol–water partition coefficient (Wildman–Crippen LogP) is 3.42. The van der Waals surface area contributed by atoms with Crippen LogP contribution in [0.1, 0.15) is 34.0 Å². The molecule has 2 aromatic heterocycles. The van der Waals surface area contributed by atoms with Gasteiger partial charge < -0.3 is 4.84 Å². The smallest absolute Gasteiger partial charge is 0.294 e. The van der Waals surface area contributed by atoms with E-state index in [-0.39, 0.29) is 12.5 Å². The van der Waals surface area contributed by atoms with Crippen molar-refractivity contribution in [2.75, 3.05) is 6.61 Å². The Labute approximate surface area is 119 Å². The molecule has 5 nitrogen and oxygen atoms in total. The summed E-state index contributed by atoms with van der Waals surface area (Å²) in [7, 11) is 0. The van der Waals surface area contributed by atoms with Crippen LogP contribution >= 0.6 is 22.7 Å². The first-order chi connectivity index (χ1) is 9.08. The topological polar surface area (TPSA) is 65.3 Å². The number of thiophene rings is 1. The van der Waals surface area contributed by atoms with Crippen LogP contribution in [0.4, 0.5) is 0 Å². The highest BCUT2D eigenvalue weighted by Gasteiger charge is 2.15. The molecule has 0 aliphatic rings. The first kappa shape index (κ1) is 14.0. The molecule has 0 aliphatic carbocycles. The van der Waals surface area contributed by atoms with Crippen molar-refractivity contribution in [3.05, 3.63) is 48.1 Å². The molecule has 19 heavy (non-hydrogen) atoms. The average molecular weight is 298 g/mol. The fraction of sp³-hybridized carbons (Fsp3) is 0.417. The van der Waals surface area contributed by atoms with Crippen LogP contribution in [0.2, 0.25) is 0 Å². The summed E-state index contributed by atoms with van der Waals surface area (Å²) >= 11 is 3.28. The molecule has 2 rings (SSSR count). The van der Waals surface area contributed by atoms with Crippen LogP contribution in [0.15, 0.2) is 16.8 Å². The lowest BCUT2D eigenvalue weighted by atomic mass is 10.1. The highest BCUT2D eigenvalue weighted by Crippen LogP contribution is 2.31. The van der Waals surface area contributed by atoms with Crippen LogP contribution in [0.5, 0.6) is 0 Å². The van der Waals surface area contributed by atoms with Crippen molar-refractivity contribution in [3.8, 4) is 0 Å². The Kier molecular flexibility index (Phi) is 4.49. The van der Waals surface area contributed by atoms with Crippen molar-refractivity contribution in [1.29, 1.82) is 0 Å². The maximum Gasteiger partial charge on any atom is 0.294 e. The maximum absolute atomic E-state index is 10.1. The molecule has 0 aromatic carbocycles. The van der Waals surface area contributed by atoms with Gasteiger partial charge in [-0.1, -0.05) is 6.92 Å². The van der Waals surface area contributed by atoms with E-state index in [4.69, 9.17) is 0 Å². The third-order valence-electron chi connectivity index (χ3n) is 2.85. The van der Waals surface area contributed by atoms with Crippen molar-refractivity contribution < 1.29 is 9.92 Å². The number of aromatic nitrogens is 1. The lowest BCUT2D eigenvalue weighted by molar-refractivity contribution is -0.757. The molecule has 7 heteroatoms. The predicted molar refractivity (Wildman–Crippen MR) is 75.3 cm³/mol. The molecule has 2 heterocycles. The monoisotopic (exact) mass is 298 g/mol. The minimum atomic E-state index is -0.759. The molecule has 0 N–H and O–H groups in total. The fourth-order valence-corrected chi connectivity index (χ4v) is 3.63. The van der Waals surface area contributed by atoms with Gasteiger partial charge >= 0.3 is 0 Å². The Hall–Kier alpha value is -1.47. The Balaban J connectivity index is 2.06. The summed E-state index contributed by atoms with van der Waals surface area (Å²) < 4.78 is 0. The van der Waals surface area contributed by atoms with Gasteiger partial charge in [-0.15, -0.1) is 21.5 Å². The van der Waals surface area contributed by atoms with Crippen molar-refractivity contribution >= 4 is 22.7 Å². The van der Waals surface area contributed by atoms with E-state index in [1.54, 1.807) is 22.7 Å². The maximum atomic E-state index is 10.1. The lowest BCUT2D eigenvalue weighted by Gasteiger charge is -2.04. The van der Waals surface area contributed by atoms with Crippen molar-refractivity contribution in [2.24, 2.45) is 0 Å². The molecule has 0 spiro atoms. The molecule has 1 atom stereocenters. The number of rotatable bonds is 6. The molecule has 0 radical (unpaired) electrons. The molecule has 1 unspecified atom stereocenters. The third-order valence-corrected chi connectivity index (χ3v) is 4.95. The largest absolute Gasteiger partial charge is 0.314 e. The number of hydrogen-bond acceptors (Lipinski definition) is 6. The van der Waals surface area contributed by atoms with E-state index >= 15 is 0 Å². The minimum Gasteiger partial charge on any atom is -0.314 e. The molecule has 0 saturated heterocycles. The fourth-order valence-electron chi connectivity index (χ4n) is 1.74. The minimum absolute atomic E-state index is 0.0856. The second-order valence-corrected chi connectivity index (χ2v) is 6.04. The van der Waals surface area contributed by atoms with Gasteiger partial charge in [0.1, 0.15) is 11.6 Å². The quantitative estimate of drug-likeness (QED) is 0.605. The van der Waals surface area contributed by atoms with Crippen molar-refractivity contribution in [2.45, 2.75) is 26.2 Å². The number of aryl methyl sites for hydroxylation is 1. The molecule has 102 valence electrons. The standard InChI is InChI=1S/C12H14N2O3S2/c1-8(10-4-6-18-7-10)12-13-9(2)11(19-12)3-5-17-14(15)16/h4,6-8H,3,5H2,1-2H3. The molecular formula is C12H14N2O3S2. The van der Waals surface area contributed by atoms with E-state index in [0.29, 0.717) is 6.42 Å². The highest BCUT2D eigenvalue weighted by atomic mass is 32.1. The third kappa shape index (κ3) is 3.51. The van der Waals surface area contributed by atoms with Gasteiger partial charge in [-0.05, 0) is 29.3 Å². The second kappa shape index (κ2) is 6.12. The van der Waals surface area contributed by atoms with Crippen molar-refractivity contribution in [3.63, 3.8) is 0 Å². The SMILES string of the molecule is Cc1nc(C(C)c2ccsc2)sc1CCO[N+](=O)[O-]. The summed E-state index contributed by atoms with van der Waals surface area (Å²) in [6.07, 6.45) is 0.529. The van der Waals surface area contributed by atoms with Crippen LogP contribution in [-0.2, 0) is 11.3 Å². The zero-order valence-corrected chi connectivity index (χ0v) is 12.3. The number of hydrogen-bond donors (Lipinski definition) is 0. The van der Waals surface area contributed by atoms with Crippen LogP contribution in [0.25, 0.3) is 0 Å². The Morgan fingerprint density at radius 3 is 3.00 bits per heavy atom. The van der Waals surface area contributed by atoms with Gasteiger partial charge in [-0.25, -0.2) is 4.98 Å². The second-order valence-electron chi connectivity index (χ2n) is 4.15. The Morgan fingerprint density at radius 1 is 1.58 bits per heavy atom. The highest BCUT2D eigenvalue weighted by molar-refractivity contribution is 7.12. The summed E-state index contributed by atoms with van der Waals surface area (Å²) in [5, 5.41) is 14.6. The summed E-state index contributed by atoms with van der Waals surface area (Å²) in [5.41, 5.74) is 2.20. The Bertz CT molecular complexity index is 551. The van der Waals surface area contributed by atoms with Gasteiger partial charge in [0.25, 0.3) is 5.09 Å². The van der Waals surface area contributed by atoms with Crippen LogP contribution < -0.4 is 0 Å². The average Bonchev–Trinajstić information content (AvgIpc) is 2.98. The van der Waals surface area contributed by atoms with E-state index in [0.717, 1.165) is 15.6 Å². The molecular weight excluding hydrogens is 284 g/mol. The molecule has 0 amide bonds. The van der Waals surface area contributed by atoms with Crippen molar-refractivity contribution in [1.82, 2.24) is 4.98 Å². The Morgan fingerprint density at radius 2 is 2.37 bits per heavy atom. The number of thiazole rings is 1. The first-order valence-corrected chi connectivity index (χ1v) is 7.59. The zero-order valence-electron chi connectivity index (χ0n) is 10.7. The lowest BCUT2D eigenvalue weighted by Crippen LogP contribution is -2.04. The van der Waals surface area contributed by atoms with Gasteiger partial charge in [0, 0.05) is 17.2 Å². The first-order valence-electron chi connectivity index (χ1n) is 5.83. The van der Waals surface area contributed by atoms with Gasteiger partial charge in [0.05, 0.1) is 5.69 Å². The van der Waals surface area contributed by atoms with E-state index in [1.165, 1.54) is 5.56 Å². The molecule has 0 fully saturated rings. The van der Waals surface area contributed by atoms with E-state index in [2.05, 4.69) is 33.6 Å². The number of nitrogens with zero attached hydrogens (tertiary/aromatic N) is 2. The molecule has 0 saturated carbocycles. The van der Waals surface area contributed by atoms with Crippen LogP contribution in [0.3, 0.4) is 0 Å². The van der Waals surface area contributed by atoms with Gasteiger partial charge in [0.15, 0.2) is 0 Å². The molecule has 0 aliphatic heterocycles. The van der Waals surface area contributed by atoms with Crippen LogP contribution in [0, 0.1) is 17.0 Å². The van der Waals surface area contributed by atoms with Gasteiger partial charge in [0.2, 0.25) is 0 Å². The molecule has 2 aromatic rings. The van der Waals surface area contributed by atoms with E-state index in [9.17, 15) is 10.1 Å². The van der Waals surface area contributed by atoms with Gasteiger partial charge in [-0.2, -0.15) is 11.3 Å². The summed E-state index contributed by atoms with van der Waals surface area (Å²) in [4.78, 5) is 20.1. The summed E-state index contributed by atoms with van der Waals surface area (Å²) in [6, 6.07) is 2.10. The summed E-state index contributed by atoms with van der Waals surface area (Å²) in [5.74, 6) is 0.264. The zero-order chi connectivity index (χ0) is 13.8. The van der Waals surface area contributed by atoms with Gasteiger partial charge in [-0.3, -0.25) is 0 Å². The normalized spacial score (nSPS) is 12.3.